The maximum Gasteiger partial charge on any atom is 0.168 e. The van der Waals surface area contributed by atoms with Gasteiger partial charge in [0.15, 0.2) is 5.78 Å². The molecule has 27 heavy (non-hydrogen) atoms. The molecule has 0 bridgehead atoms. The molecular weight excluding hydrogens is 352 g/mol. The van der Waals surface area contributed by atoms with Crippen LogP contribution in [0.5, 0.6) is 0 Å². The minimum absolute atomic E-state index is 0.0918. The topological polar surface area (TPSA) is 33.2 Å². The molecule has 0 saturated carbocycles. The van der Waals surface area contributed by atoms with Crippen molar-refractivity contribution in [3.63, 3.8) is 0 Å². The lowest BCUT2D eigenvalue weighted by Gasteiger charge is -2.32. The molecule has 3 nitrogen and oxygen atoms in total. The molecule has 0 N–H and O–H groups in total. The van der Waals surface area contributed by atoms with Gasteiger partial charge in [-0.1, -0.05) is 30.3 Å². The molecule has 1 fully saturated rings. The van der Waals surface area contributed by atoms with Crippen LogP contribution in [0.25, 0.3) is 10.9 Å². The first kappa shape index (κ1) is 18.2. The van der Waals surface area contributed by atoms with Crippen molar-refractivity contribution in [3.8, 4) is 0 Å². The Hall–Kier alpha value is -2.17. The number of Topliss-reactive ketones (excluding diaryl/α,β-unsaturated/α-hetero) is 1. The van der Waals surface area contributed by atoms with E-state index in [2.05, 4.69) is 34.1 Å². The molecule has 1 unspecified atom stereocenters. The number of aromatic nitrogens is 1. The second-order valence-corrected chi connectivity index (χ2v) is 8.02. The van der Waals surface area contributed by atoms with E-state index in [0.29, 0.717) is 5.78 Å². The summed E-state index contributed by atoms with van der Waals surface area (Å²) in [7, 11) is 0. The van der Waals surface area contributed by atoms with Gasteiger partial charge in [0.05, 0.1) is 5.52 Å². The van der Waals surface area contributed by atoms with Crippen LogP contribution in [0.1, 0.15) is 28.8 Å². The normalized spacial score (nSPS) is 17.9. The molecule has 3 aromatic rings. The molecule has 0 radical (unpaired) electrons. The van der Waals surface area contributed by atoms with Crippen LogP contribution < -0.4 is 0 Å². The molecular formula is C23H24N2OS. The van der Waals surface area contributed by atoms with Crippen LogP contribution in [-0.2, 0) is 6.54 Å². The zero-order valence-electron chi connectivity index (χ0n) is 15.6. The Bertz CT molecular complexity index is 956. The maximum atomic E-state index is 13.1. The SMILES string of the molecule is CSc1ccccc1C(=O)C1CCCN(Cc2ccc3ncccc3c2)C1. The van der Waals surface area contributed by atoms with E-state index < -0.39 is 0 Å². The lowest BCUT2D eigenvalue weighted by atomic mass is 9.89. The van der Waals surface area contributed by atoms with Crippen LogP contribution in [0, 0.1) is 5.92 Å². The summed E-state index contributed by atoms with van der Waals surface area (Å²) >= 11 is 1.65. The number of hydrogen-bond acceptors (Lipinski definition) is 4. The monoisotopic (exact) mass is 376 g/mol. The fourth-order valence-electron chi connectivity index (χ4n) is 3.96. The van der Waals surface area contributed by atoms with Gasteiger partial charge in [-0.3, -0.25) is 14.7 Å². The molecule has 1 aliphatic heterocycles. The van der Waals surface area contributed by atoms with E-state index in [4.69, 9.17) is 0 Å². The predicted octanol–water partition coefficient (Wildman–Crippen LogP) is 5.05. The summed E-state index contributed by atoms with van der Waals surface area (Å²) in [5, 5.41) is 1.17. The number of benzene rings is 2. The van der Waals surface area contributed by atoms with Crippen LogP contribution in [0.2, 0.25) is 0 Å². The Kier molecular flexibility index (Phi) is 5.55. The van der Waals surface area contributed by atoms with Gasteiger partial charge in [0.1, 0.15) is 0 Å². The van der Waals surface area contributed by atoms with Gasteiger partial charge >= 0.3 is 0 Å². The zero-order chi connectivity index (χ0) is 18.6. The molecule has 1 aliphatic rings. The third-order valence-corrected chi connectivity index (χ3v) is 6.12. The number of rotatable bonds is 5. The number of thioether (sulfide) groups is 1. The molecule has 4 rings (SSSR count). The van der Waals surface area contributed by atoms with Gasteiger partial charge in [0.25, 0.3) is 0 Å². The van der Waals surface area contributed by atoms with E-state index in [-0.39, 0.29) is 5.92 Å². The fraction of sp³-hybridized carbons (Fsp3) is 0.304. The summed E-state index contributed by atoms with van der Waals surface area (Å²) in [6.07, 6.45) is 5.93. The summed E-state index contributed by atoms with van der Waals surface area (Å²) < 4.78 is 0. The van der Waals surface area contributed by atoms with Crippen molar-refractivity contribution >= 4 is 28.4 Å². The third kappa shape index (κ3) is 4.07. The lowest BCUT2D eigenvalue weighted by Crippen LogP contribution is -2.38. The molecule has 1 aromatic heterocycles. The minimum atomic E-state index is 0.0918. The van der Waals surface area contributed by atoms with Crippen molar-refractivity contribution in [1.82, 2.24) is 9.88 Å². The number of fused-ring (bicyclic) bond motifs is 1. The first-order valence-electron chi connectivity index (χ1n) is 9.48. The van der Waals surface area contributed by atoms with Gasteiger partial charge < -0.3 is 0 Å². The van der Waals surface area contributed by atoms with E-state index in [0.717, 1.165) is 48.5 Å². The minimum Gasteiger partial charge on any atom is -0.298 e. The number of nitrogens with zero attached hydrogens (tertiary/aromatic N) is 2. The van der Waals surface area contributed by atoms with Crippen molar-refractivity contribution in [2.75, 3.05) is 19.3 Å². The molecule has 138 valence electrons. The Morgan fingerprint density at radius 3 is 2.96 bits per heavy atom. The molecule has 0 amide bonds. The molecule has 1 saturated heterocycles. The Morgan fingerprint density at radius 2 is 2.07 bits per heavy atom. The Balaban J connectivity index is 1.48. The van der Waals surface area contributed by atoms with Crippen LogP contribution in [-0.4, -0.2) is 35.0 Å². The maximum absolute atomic E-state index is 13.1. The van der Waals surface area contributed by atoms with Crippen LogP contribution >= 0.6 is 11.8 Å². The van der Waals surface area contributed by atoms with E-state index >= 15 is 0 Å². The first-order valence-corrected chi connectivity index (χ1v) is 10.7. The number of piperidine rings is 1. The van der Waals surface area contributed by atoms with Crippen LogP contribution in [0.3, 0.4) is 0 Å². The molecule has 0 aliphatic carbocycles. The summed E-state index contributed by atoms with van der Waals surface area (Å²) in [6.45, 7) is 2.78. The quantitative estimate of drug-likeness (QED) is 0.461. The summed E-state index contributed by atoms with van der Waals surface area (Å²) in [5.74, 6) is 0.390. The summed E-state index contributed by atoms with van der Waals surface area (Å²) in [4.78, 5) is 21.0. The van der Waals surface area contributed by atoms with Crippen molar-refractivity contribution in [1.29, 1.82) is 0 Å². The third-order valence-electron chi connectivity index (χ3n) is 5.32. The number of carbonyl (C=O) groups is 1. The van der Waals surface area contributed by atoms with Gasteiger partial charge in [-0.05, 0) is 55.5 Å². The van der Waals surface area contributed by atoms with E-state index in [9.17, 15) is 4.79 Å². The van der Waals surface area contributed by atoms with Gasteiger partial charge in [-0.2, -0.15) is 0 Å². The molecule has 4 heteroatoms. The van der Waals surface area contributed by atoms with Crippen LogP contribution in [0.15, 0.2) is 65.7 Å². The molecule has 2 heterocycles. The van der Waals surface area contributed by atoms with E-state index in [1.165, 1.54) is 10.9 Å². The summed E-state index contributed by atoms with van der Waals surface area (Å²) in [5.41, 5.74) is 3.20. The fourth-order valence-corrected chi connectivity index (χ4v) is 4.57. The van der Waals surface area contributed by atoms with Crippen molar-refractivity contribution in [2.24, 2.45) is 5.92 Å². The Morgan fingerprint density at radius 1 is 1.19 bits per heavy atom. The van der Waals surface area contributed by atoms with Gasteiger partial charge in [0.2, 0.25) is 0 Å². The van der Waals surface area contributed by atoms with E-state index in [1.807, 2.05) is 42.8 Å². The highest BCUT2D eigenvalue weighted by molar-refractivity contribution is 7.98. The molecule has 1 atom stereocenters. The van der Waals surface area contributed by atoms with Crippen LogP contribution in [0.4, 0.5) is 0 Å². The standard InChI is InChI=1S/C23H24N2OS/c1-27-22-9-3-2-8-20(22)23(26)19-7-5-13-25(16-19)15-17-10-11-21-18(14-17)6-4-12-24-21/h2-4,6,8-12,14,19H,5,7,13,15-16H2,1H3. The zero-order valence-corrected chi connectivity index (χ0v) is 16.4. The highest BCUT2D eigenvalue weighted by Crippen LogP contribution is 2.27. The van der Waals surface area contributed by atoms with Crippen molar-refractivity contribution < 1.29 is 4.79 Å². The number of carbonyl (C=O) groups excluding carboxylic acids is 1. The Labute approximate surface area is 164 Å². The average molecular weight is 377 g/mol. The van der Waals surface area contributed by atoms with Crippen molar-refractivity contribution in [3.05, 3.63) is 71.9 Å². The van der Waals surface area contributed by atoms with Gasteiger partial charge in [-0.25, -0.2) is 0 Å². The van der Waals surface area contributed by atoms with Gasteiger partial charge in [0, 0.05) is 41.0 Å². The lowest BCUT2D eigenvalue weighted by molar-refractivity contribution is 0.0808. The smallest absolute Gasteiger partial charge is 0.168 e. The van der Waals surface area contributed by atoms with Crippen molar-refractivity contribution in [2.45, 2.75) is 24.3 Å². The number of ketones is 1. The second kappa shape index (κ2) is 8.24. The molecule has 2 aromatic carbocycles. The second-order valence-electron chi connectivity index (χ2n) is 7.17. The molecule has 0 spiro atoms. The first-order chi connectivity index (χ1) is 13.2. The number of likely N-dealkylation sites (tertiary alicyclic amines) is 1. The highest BCUT2D eigenvalue weighted by atomic mass is 32.2. The largest absolute Gasteiger partial charge is 0.298 e. The predicted molar refractivity (Wildman–Crippen MR) is 112 cm³/mol. The number of pyridine rings is 1. The average Bonchev–Trinajstić information content (AvgIpc) is 2.73. The van der Waals surface area contributed by atoms with E-state index in [1.54, 1.807) is 11.8 Å². The number of hydrogen-bond donors (Lipinski definition) is 0. The summed E-state index contributed by atoms with van der Waals surface area (Å²) in [6, 6.07) is 18.5. The van der Waals surface area contributed by atoms with Gasteiger partial charge in [-0.15, -0.1) is 11.8 Å². The highest BCUT2D eigenvalue weighted by Gasteiger charge is 2.27.